The Morgan fingerprint density at radius 1 is 1.24 bits per heavy atom. The number of alkyl halides is 1. The molecule has 2 aromatic rings. The van der Waals surface area contributed by atoms with E-state index in [9.17, 15) is 19.3 Å². The average molecular weight is 346 g/mol. The Hall–Kier alpha value is -2.77. The van der Waals surface area contributed by atoms with Crippen molar-refractivity contribution < 1.29 is 9.31 Å². The molecule has 0 saturated heterocycles. The van der Waals surface area contributed by atoms with E-state index in [2.05, 4.69) is 4.98 Å². The van der Waals surface area contributed by atoms with Crippen LogP contribution in [0.4, 0.5) is 15.9 Å². The first-order valence-corrected chi connectivity index (χ1v) is 8.16. The monoisotopic (exact) mass is 346 g/mol. The number of nitro groups is 1. The Morgan fingerprint density at radius 3 is 2.36 bits per heavy atom. The van der Waals surface area contributed by atoms with E-state index in [0.717, 1.165) is 17.4 Å². The van der Waals surface area contributed by atoms with Crippen molar-refractivity contribution in [3.05, 3.63) is 61.7 Å². The molecule has 0 unspecified atom stereocenters. The molecule has 0 N–H and O–H groups in total. The zero-order chi connectivity index (χ0) is 18.0. The molecule has 1 aromatic carbocycles. The number of hydrogen-bond acceptors (Lipinski definition) is 5. The summed E-state index contributed by atoms with van der Waals surface area (Å²) in [5.74, 6) is 0.362. The molecule has 3 rings (SSSR count). The number of benzene rings is 1. The molecule has 0 bridgehead atoms. The molecule has 0 radical (unpaired) electrons. The Kier molecular flexibility index (Phi) is 4.78. The fourth-order valence-corrected chi connectivity index (χ4v) is 3.24. The van der Waals surface area contributed by atoms with Gasteiger partial charge in [0.1, 0.15) is 12.5 Å². The molecular weight excluding hydrogens is 327 g/mol. The molecule has 2 heterocycles. The number of aromatic nitrogens is 2. The lowest BCUT2D eigenvalue weighted by Gasteiger charge is -2.22. The van der Waals surface area contributed by atoms with Gasteiger partial charge in [-0.2, -0.15) is 0 Å². The highest BCUT2D eigenvalue weighted by Gasteiger charge is 2.29. The fraction of sp³-hybridized carbons (Fsp3) is 0.412. The van der Waals surface area contributed by atoms with E-state index in [1.807, 2.05) is 24.3 Å². The van der Waals surface area contributed by atoms with E-state index in [4.69, 9.17) is 0 Å². The molecule has 0 fully saturated rings. The number of halogens is 1. The number of aryl methyl sites for hydroxylation is 1. The Morgan fingerprint density at radius 2 is 1.84 bits per heavy atom. The second-order valence-corrected chi connectivity index (χ2v) is 5.99. The summed E-state index contributed by atoms with van der Waals surface area (Å²) < 4.78 is 13.7. The molecule has 1 aliphatic heterocycles. The molecule has 0 spiro atoms. The maximum absolute atomic E-state index is 12.7. The number of fused-ring (bicyclic) bond motifs is 1. The van der Waals surface area contributed by atoms with Gasteiger partial charge in [-0.3, -0.25) is 19.5 Å². The van der Waals surface area contributed by atoms with Crippen molar-refractivity contribution in [2.45, 2.75) is 26.3 Å². The molecule has 132 valence electrons. The maximum Gasteiger partial charge on any atom is 0.376 e. The van der Waals surface area contributed by atoms with Gasteiger partial charge in [0.15, 0.2) is 0 Å². The van der Waals surface area contributed by atoms with E-state index in [-0.39, 0.29) is 18.2 Å². The normalized spacial score (nSPS) is 14.1. The van der Waals surface area contributed by atoms with Gasteiger partial charge >= 0.3 is 11.2 Å². The second kappa shape index (κ2) is 7.00. The minimum absolute atomic E-state index is 0.0791. The highest BCUT2D eigenvalue weighted by Crippen LogP contribution is 2.25. The first-order valence-electron chi connectivity index (χ1n) is 8.16. The van der Waals surface area contributed by atoms with E-state index in [0.29, 0.717) is 13.1 Å². The van der Waals surface area contributed by atoms with Crippen LogP contribution in [0.1, 0.15) is 17.0 Å². The predicted octanol–water partition coefficient (Wildman–Crippen LogP) is 2.03. The van der Waals surface area contributed by atoms with Crippen LogP contribution in [0.25, 0.3) is 0 Å². The predicted molar refractivity (Wildman–Crippen MR) is 91.9 cm³/mol. The molecular formula is C17H19FN4O3. The molecule has 0 aliphatic carbocycles. The summed E-state index contributed by atoms with van der Waals surface area (Å²) in [6.07, 6.45) is 1.45. The van der Waals surface area contributed by atoms with Gasteiger partial charge in [0.05, 0.1) is 11.5 Å². The van der Waals surface area contributed by atoms with E-state index >= 15 is 0 Å². The van der Waals surface area contributed by atoms with Crippen molar-refractivity contribution in [1.29, 1.82) is 0 Å². The van der Waals surface area contributed by atoms with Crippen molar-refractivity contribution in [1.82, 2.24) is 9.55 Å². The van der Waals surface area contributed by atoms with Gasteiger partial charge in [-0.05, 0) is 30.9 Å². The Bertz CT molecular complexity index is 838. The summed E-state index contributed by atoms with van der Waals surface area (Å²) in [7, 11) is 0. The lowest BCUT2D eigenvalue weighted by atomic mass is 10.0. The van der Waals surface area contributed by atoms with Crippen LogP contribution >= 0.6 is 0 Å². The molecule has 1 aliphatic rings. The number of nitrogens with zero attached hydrogens (tertiary/aromatic N) is 4. The van der Waals surface area contributed by atoms with Gasteiger partial charge in [-0.15, -0.1) is 0 Å². The van der Waals surface area contributed by atoms with Crippen LogP contribution in [-0.4, -0.2) is 34.2 Å². The number of hydrogen-bond donors (Lipinski definition) is 0. The quantitative estimate of drug-likeness (QED) is 0.625. The van der Waals surface area contributed by atoms with Gasteiger partial charge in [0.25, 0.3) is 0 Å². The standard InChI is InChI=1S/C17H19FN4O3/c1-12-19-16(15(22(24)25)17(23)21(12)11-8-18)20-9-6-13-4-2-3-5-14(13)7-10-20/h2-5H,6-11H2,1H3. The van der Waals surface area contributed by atoms with Crippen LogP contribution in [0.15, 0.2) is 29.1 Å². The average Bonchev–Trinajstić information content (AvgIpc) is 2.80. The smallest absolute Gasteiger partial charge is 0.350 e. The second-order valence-electron chi connectivity index (χ2n) is 5.99. The zero-order valence-corrected chi connectivity index (χ0v) is 13.9. The third-order valence-corrected chi connectivity index (χ3v) is 4.53. The minimum atomic E-state index is -0.799. The lowest BCUT2D eigenvalue weighted by Crippen LogP contribution is -2.34. The number of rotatable bonds is 4. The van der Waals surface area contributed by atoms with Crippen molar-refractivity contribution in [3.8, 4) is 0 Å². The summed E-state index contributed by atoms with van der Waals surface area (Å²) >= 11 is 0. The van der Waals surface area contributed by atoms with Crippen LogP contribution in [0.3, 0.4) is 0 Å². The minimum Gasteiger partial charge on any atom is -0.350 e. The van der Waals surface area contributed by atoms with E-state index in [1.165, 1.54) is 11.1 Å². The maximum atomic E-state index is 12.7. The number of anilines is 1. The summed E-state index contributed by atoms with van der Waals surface area (Å²) in [6, 6.07) is 8.03. The van der Waals surface area contributed by atoms with Gasteiger partial charge in [0.2, 0.25) is 5.82 Å². The third kappa shape index (κ3) is 3.24. The van der Waals surface area contributed by atoms with Gasteiger partial charge in [-0.25, -0.2) is 9.37 Å². The summed E-state index contributed by atoms with van der Waals surface area (Å²) in [4.78, 5) is 29.3. The first-order chi connectivity index (χ1) is 12.0. The van der Waals surface area contributed by atoms with E-state index < -0.39 is 22.8 Å². The first kappa shape index (κ1) is 17.1. The zero-order valence-electron chi connectivity index (χ0n) is 13.9. The third-order valence-electron chi connectivity index (χ3n) is 4.53. The molecule has 8 heteroatoms. The molecule has 7 nitrogen and oxygen atoms in total. The lowest BCUT2D eigenvalue weighted by molar-refractivity contribution is -0.386. The van der Waals surface area contributed by atoms with Gasteiger partial charge in [0, 0.05) is 13.1 Å². The summed E-state index contributed by atoms with van der Waals surface area (Å²) in [5.41, 5.74) is 1.03. The van der Waals surface area contributed by atoms with Crippen molar-refractivity contribution >= 4 is 11.5 Å². The van der Waals surface area contributed by atoms with Crippen LogP contribution in [0, 0.1) is 17.0 Å². The highest BCUT2D eigenvalue weighted by molar-refractivity contribution is 5.57. The molecule has 25 heavy (non-hydrogen) atoms. The Labute approximate surface area is 143 Å². The Balaban J connectivity index is 2.03. The fourth-order valence-electron chi connectivity index (χ4n) is 3.24. The molecule has 0 saturated carbocycles. The van der Waals surface area contributed by atoms with Crippen LogP contribution in [0.5, 0.6) is 0 Å². The van der Waals surface area contributed by atoms with Gasteiger partial charge < -0.3 is 4.90 Å². The summed E-state index contributed by atoms with van der Waals surface area (Å²) in [6.45, 7) is 1.63. The highest BCUT2D eigenvalue weighted by atomic mass is 19.1. The largest absolute Gasteiger partial charge is 0.376 e. The van der Waals surface area contributed by atoms with Crippen molar-refractivity contribution in [2.24, 2.45) is 0 Å². The molecule has 1 aromatic heterocycles. The van der Waals surface area contributed by atoms with Crippen molar-refractivity contribution in [3.63, 3.8) is 0 Å². The molecule has 0 atom stereocenters. The summed E-state index contributed by atoms with van der Waals surface area (Å²) in [5, 5.41) is 11.5. The van der Waals surface area contributed by atoms with Gasteiger partial charge in [-0.1, -0.05) is 24.3 Å². The van der Waals surface area contributed by atoms with Crippen LogP contribution in [-0.2, 0) is 19.4 Å². The molecule has 0 amide bonds. The van der Waals surface area contributed by atoms with Crippen LogP contribution in [0.2, 0.25) is 0 Å². The topological polar surface area (TPSA) is 81.3 Å². The SMILES string of the molecule is Cc1nc(N2CCc3ccccc3CC2)c([N+](=O)[O-])c(=O)n1CCF. The van der Waals surface area contributed by atoms with Crippen LogP contribution < -0.4 is 10.5 Å². The van der Waals surface area contributed by atoms with Crippen molar-refractivity contribution in [2.75, 3.05) is 24.7 Å². The van der Waals surface area contributed by atoms with E-state index in [1.54, 1.807) is 11.8 Å².